The second-order valence-electron chi connectivity index (χ2n) is 3.78. The molecular weight excluding hydrogens is 250 g/mol. The van der Waals surface area contributed by atoms with Gasteiger partial charge >= 0.3 is 17.4 Å². The van der Waals surface area contributed by atoms with Gasteiger partial charge in [0, 0.05) is 6.54 Å². The van der Waals surface area contributed by atoms with Crippen LogP contribution in [0.3, 0.4) is 0 Å². The van der Waals surface area contributed by atoms with E-state index in [1.807, 2.05) is 0 Å². The predicted octanol–water partition coefficient (Wildman–Crippen LogP) is 0.927. The Balaban J connectivity index is 2.81. The molecule has 6 nitrogen and oxygen atoms in total. The van der Waals surface area contributed by atoms with Gasteiger partial charge < -0.3 is 9.15 Å². The molecule has 2 aromatic rings. The van der Waals surface area contributed by atoms with E-state index >= 15 is 0 Å². The minimum atomic E-state index is -0.786. The molecule has 1 aromatic carbocycles. The van der Waals surface area contributed by atoms with Crippen molar-refractivity contribution in [3.63, 3.8) is 0 Å². The molecule has 0 bridgehead atoms. The van der Waals surface area contributed by atoms with E-state index in [0.29, 0.717) is 5.52 Å². The number of carbonyl (C=O) groups is 1. The van der Waals surface area contributed by atoms with Gasteiger partial charge in [-0.1, -0.05) is 6.08 Å². The number of aromatic nitrogens is 1. The fourth-order valence-electron chi connectivity index (χ4n) is 1.77. The van der Waals surface area contributed by atoms with Crippen LogP contribution in [0, 0.1) is 0 Å². The number of esters is 1. The number of carbonyl (C=O) groups excluding carboxylic acids is 1. The molecule has 0 saturated heterocycles. The standard InChI is InChI=1S/C13H11NO5/c1-3-6-14-10-5-4-8(11(15)18-2)7-9(10)12(16)19-13(14)17/h3-5,7H,1,6H2,2H3. The molecule has 19 heavy (non-hydrogen) atoms. The lowest BCUT2D eigenvalue weighted by molar-refractivity contribution is 0.0601. The number of fused-ring (bicyclic) bond motifs is 1. The Morgan fingerprint density at radius 3 is 2.84 bits per heavy atom. The summed E-state index contributed by atoms with van der Waals surface area (Å²) in [5.41, 5.74) is -0.189. The van der Waals surface area contributed by atoms with Crippen LogP contribution in [0.4, 0.5) is 0 Å². The van der Waals surface area contributed by atoms with Gasteiger partial charge in [0.05, 0.1) is 23.6 Å². The van der Waals surface area contributed by atoms with E-state index in [1.165, 1.54) is 36.0 Å². The Morgan fingerprint density at radius 1 is 1.47 bits per heavy atom. The molecule has 0 atom stereocenters. The van der Waals surface area contributed by atoms with Crippen LogP contribution in [0.5, 0.6) is 0 Å². The molecule has 0 fully saturated rings. The van der Waals surface area contributed by atoms with Crippen molar-refractivity contribution in [3.05, 3.63) is 57.4 Å². The topological polar surface area (TPSA) is 78.5 Å². The molecule has 1 aromatic heterocycles. The number of allylic oxidation sites excluding steroid dienone is 1. The summed E-state index contributed by atoms with van der Waals surface area (Å²) in [5.74, 6) is -1.33. The maximum Gasteiger partial charge on any atom is 0.422 e. The van der Waals surface area contributed by atoms with Gasteiger partial charge in [-0.25, -0.2) is 14.4 Å². The van der Waals surface area contributed by atoms with E-state index in [-0.39, 0.29) is 17.5 Å². The van der Waals surface area contributed by atoms with E-state index < -0.39 is 17.4 Å². The van der Waals surface area contributed by atoms with Crippen molar-refractivity contribution in [2.24, 2.45) is 0 Å². The molecular formula is C13H11NO5. The summed E-state index contributed by atoms with van der Waals surface area (Å²) < 4.78 is 10.4. The molecule has 0 aliphatic rings. The first kappa shape index (κ1) is 12.8. The van der Waals surface area contributed by atoms with Crippen LogP contribution >= 0.6 is 0 Å². The van der Waals surface area contributed by atoms with E-state index in [4.69, 9.17) is 0 Å². The number of rotatable bonds is 3. The lowest BCUT2D eigenvalue weighted by Gasteiger charge is -2.06. The van der Waals surface area contributed by atoms with Gasteiger partial charge in [-0.3, -0.25) is 4.57 Å². The third-order valence-electron chi connectivity index (χ3n) is 2.64. The maximum atomic E-state index is 11.7. The van der Waals surface area contributed by atoms with Crippen LogP contribution in [0.2, 0.25) is 0 Å². The number of nitrogens with zero attached hydrogens (tertiary/aromatic N) is 1. The van der Waals surface area contributed by atoms with E-state index in [0.717, 1.165) is 0 Å². The Morgan fingerprint density at radius 2 is 2.21 bits per heavy atom. The van der Waals surface area contributed by atoms with Crippen LogP contribution in [-0.4, -0.2) is 17.6 Å². The fourth-order valence-corrected chi connectivity index (χ4v) is 1.77. The number of hydrogen-bond donors (Lipinski definition) is 0. The van der Waals surface area contributed by atoms with Crippen LogP contribution < -0.4 is 11.4 Å². The average Bonchev–Trinajstić information content (AvgIpc) is 2.42. The first-order valence-corrected chi connectivity index (χ1v) is 5.45. The molecule has 6 heteroatoms. The van der Waals surface area contributed by atoms with Gasteiger partial charge in [0.2, 0.25) is 0 Å². The van der Waals surface area contributed by atoms with Gasteiger partial charge in [-0.15, -0.1) is 6.58 Å². The monoisotopic (exact) mass is 261 g/mol. The predicted molar refractivity (Wildman–Crippen MR) is 68.3 cm³/mol. The summed E-state index contributed by atoms with van der Waals surface area (Å²) in [6.45, 7) is 3.74. The lowest BCUT2D eigenvalue weighted by atomic mass is 10.1. The molecule has 2 rings (SSSR count). The molecule has 0 aliphatic carbocycles. The third-order valence-corrected chi connectivity index (χ3v) is 2.64. The van der Waals surface area contributed by atoms with Crippen LogP contribution in [0.25, 0.3) is 10.9 Å². The highest BCUT2D eigenvalue weighted by Gasteiger charge is 2.12. The van der Waals surface area contributed by atoms with Crippen molar-refractivity contribution >= 4 is 16.9 Å². The smallest absolute Gasteiger partial charge is 0.422 e. The van der Waals surface area contributed by atoms with Crippen molar-refractivity contribution in [2.45, 2.75) is 6.54 Å². The molecule has 1 heterocycles. The number of ether oxygens (including phenoxy) is 1. The molecule has 0 N–H and O–H groups in total. The quantitative estimate of drug-likeness (QED) is 0.606. The summed E-state index contributed by atoms with van der Waals surface area (Å²) in [5, 5.41) is 0.143. The van der Waals surface area contributed by atoms with Gasteiger partial charge in [0.1, 0.15) is 0 Å². The van der Waals surface area contributed by atoms with E-state index in [2.05, 4.69) is 15.7 Å². The Labute approximate surface area is 107 Å². The van der Waals surface area contributed by atoms with Crippen LogP contribution in [-0.2, 0) is 11.3 Å². The molecule has 0 aliphatic heterocycles. The maximum absolute atomic E-state index is 11.7. The van der Waals surface area contributed by atoms with Gasteiger partial charge in [0.25, 0.3) is 0 Å². The molecule has 0 radical (unpaired) electrons. The van der Waals surface area contributed by atoms with E-state index in [1.54, 1.807) is 0 Å². The molecule has 0 amide bonds. The zero-order valence-electron chi connectivity index (χ0n) is 10.2. The summed E-state index contributed by atoms with van der Waals surface area (Å²) >= 11 is 0. The third kappa shape index (κ3) is 2.20. The first-order valence-electron chi connectivity index (χ1n) is 5.45. The summed E-state index contributed by atoms with van der Waals surface area (Å²) in [4.78, 5) is 34.6. The second kappa shape index (κ2) is 4.93. The normalized spacial score (nSPS) is 10.4. The number of hydrogen-bond acceptors (Lipinski definition) is 5. The van der Waals surface area contributed by atoms with Gasteiger partial charge in [-0.2, -0.15) is 0 Å². The minimum Gasteiger partial charge on any atom is -0.465 e. The van der Waals surface area contributed by atoms with Gasteiger partial charge in [0.15, 0.2) is 0 Å². The highest BCUT2D eigenvalue weighted by atomic mass is 16.5. The highest BCUT2D eigenvalue weighted by molar-refractivity contribution is 5.94. The Bertz CT molecular complexity index is 769. The summed E-state index contributed by atoms with van der Waals surface area (Å²) in [7, 11) is 1.24. The van der Waals surface area contributed by atoms with Crippen molar-refractivity contribution < 1.29 is 13.9 Å². The first-order chi connectivity index (χ1) is 9.08. The summed E-state index contributed by atoms with van der Waals surface area (Å²) in [6, 6.07) is 4.32. The summed E-state index contributed by atoms with van der Waals surface area (Å²) in [6.07, 6.45) is 1.51. The largest absolute Gasteiger partial charge is 0.465 e. The molecule has 98 valence electrons. The second-order valence-corrected chi connectivity index (χ2v) is 3.78. The SMILES string of the molecule is C=CCn1c(=O)oc(=O)c2cc(C(=O)OC)ccc21. The van der Waals surface area contributed by atoms with Crippen molar-refractivity contribution in [3.8, 4) is 0 Å². The van der Waals surface area contributed by atoms with Crippen molar-refractivity contribution in [2.75, 3.05) is 7.11 Å². The molecule has 0 unspecified atom stereocenters. The molecule has 0 spiro atoms. The van der Waals surface area contributed by atoms with E-state index in [9.17, 15) is 14.4 Å². The fraction of sp³-hybridized carbons (Fsp3) is 0.154. The van der Waals surface area contributed by atoms with Crippen molar-refractivity contribution in [1.29, 1.82) is 0 Å². The van der Waals surface area contributed by atoms with Gasteiger partial charge in [-0.05, 0) is 18.2 Å². The zero-order valence-corrected chi connectivity index (χ0v) is 10.2. The Hall–Kier alpha value is -2.63. The molecule has 0 saturated carbocycles. The highest BCUT2D eigenvalue weighted by Crippen LogP contribution is 2.12. The zero-order chi connectivity index (χ0) is 14.0. The number of methoxy groups -OCH3 is 1. The number of benzene rings is 1. The minimum absolute atomic E-state index is 0.143. The van der Waals surface area contributed by atoms with Crippen molar-refractivity contribution in [1.82, 2.24) is 4.57 Å². The van der Waals surface area contributed by atoms with Crippen LogP contribution in [0.15, 0.2) is 44.9 Å². The Kier molecular flexibility index (Phi) is 3.33. The lowest BCUT2D eigenvalue weighted by Crippen LogP contribution is -2.24. The average molecular weight is 261 g/mol. The van der Waals surface area contributed by atoms with Crippen LogP contribution in [0.1, 0.15) is 10.4 Å².